The maximum absolute atomic E-state index is 5.23. The highest BCUT2D eigenvalue weighted by Crippen LogP contribution is 2.02. The first-order valence-corrected chi connectivity index (χ1v) is 6.16. The Morgan fingerprint density at radius 2 is 2.06 bits per heavy atom. The molecule has 2 aromatic rings. The zero-order valence-corrected chi connectivity index (χ0v) is 10.5. The SMILES string of the molecule is CCCNc1ncc(CNCc2ccco2)cn1. The second-order valence-electron chi connectivity index (χ2n) is 4.02. The fourth-order valence-corrected chi connectivity index (χ4v) is 1.52. The molecule has 0 bridgehead atoms. The van der Waals surface area contributed by atoms with Crippen LogP contribution in [0, 0.1) is 0 Å². The van der Waals surface area contributed by atoms with Crippen molar-refractivity contribution in [3.8, 4) is 0 Å². The molecule has 2 N–H and O–H groups in total. The van der Waals surface area contributed by atoms with Gasteiger partial charge in [-0.15, -0.1) is 0 Å². The van der Waals surface area contributed by atoms with Crippen LogP contribution in [-0.4, -0.2) is 16.5 Å². The standard InChI is InChI=1S/C13H18N4O/c1-2-5-15-13-16-8-11(9-17-13)7-14-10-12-4-3-6-18-12/h3-4,6,8-9,14H,2,5,7,10H2,1H3,(H,15,16,17). The fraction of sp³-hybridized carbons (Fsp3) is 0.385. The van der Waals surface area contributed by atoms with Crippen LogP contribution in [0.5, 0.6) is 0 Å². The lowest BCUT2D eigenvalue weighted by atomic mass is 10.3. The molecule has 5 nitrogen and oxygen atoms in total. The fourth-order valence-electron chi connectivity index (χ4n) is 1.52. The number of aromatic nitrogens is 2. The number of hydrogen-bond acceptors (Lipinski definition) is 5. The third-order valence-electron chi connectivity index (χ3n) is 2.45. The van der Waals surface area contributed by atoms with Gasteiger partial charge >= 0.3 is 0 Å². The Morgan fingerprint density at radius 3 is 2.72 bits per heavy atom. The summed E-state index contributed by atoms with van der Waals surface area (Å²) >= 11 is 0. The van der Waals surface area contributed by atoms with Crippen molar-refractivity contribution in [2.24, 2.45) is 0 Å². The molecular weight excluding hydrogens is 228 g/mol. The van der Waals surface area contributed by atoms with Gasteiger partial charge in [-0.2, -0.15) is 0 Å². The van der Waals surface area contributed by atoms with Gasteiger partial charge in [0.2, 0.25) is 5.95 Å². The van der Waals surface area contributed by atoms with Crippen LogP contribution >= 0.6 is 0 Å². The average Bonchev–Trinajstić information content (AvgIpc) is 2.91. The van der Waals surface area contributed by atoms with E-state index < -0.39 is 0 Å². The summed E-state index contributed by atoms with van der Waals surface area (Å²) in [6.07, 6.45) is 6.41. The molecular formula is C13H18N4O. The van der Waals surface area contributed by atoms with Gasteiger partial charge in [0.15, 0.2) is 0 Å². The van der Waals surface area contributed by atoms with E-state index in [-0.39, 0.29) is 0 Å². The van der Waals surface area contributed by atoms with Crippen LogP contribution in [0.2, 0.25) is 0 Å². The zero-order valence-electron chi connectivity index (χ0n) is 10.5. The number of nitrogens with zero attached hydrogens (tertiary/aromatic N) is 2. The Hall–Kier alpha value is -1.88. The van der Waals surface area contributed by atoms with E-state index in [1.165, 1.54) is 0 Å². The van der Waals surface area contributed by atoms with Crippen LogP contribution in [0.15, 0.2) is 35.2 Å². The van der Waals surface area contributed by atoms with Crippen molar-refractivity contribution < 1.29 is 4.42 Å². The molecule has 2 aromatic heterocycles. The van der Waals surface area contributed by atoms with Crippen molar-refractivity contribution in [2.45, 2.75) is 26.4 Å². The molecule has 18 heavy (non-hydrogen) atoms. The van der Waals surface area contributed by atoms with Gasteiger partial charge in [-0.05, 0) is 18.6 Å². The predicted octanol–water partition coefficient (Wildman–Crippen LogP) is 2.18. The smallest absolute Gasteiger partial charge is 0.222 e. The molecule has 2 heterocycles. The second kappa shape index (κ2) is 6.76. The largest absolute Gasteiger partial charge is 0.468 e. The molecule has 2 rings (SSSR count). The third-order valence-corrected chi connectivity index (χ3v) is 2.45. The molecule has 0 saturated carbocycles. The molecule has 0 aliphatic heterocycles. The minimum atomic E-state index is 0.687. The average molecular weight is 246 g/mol. The van der Waals surface area contributed by atoms with E-state index in [4.69, 9.17) is 4.42 Å². The summed E-state index contributed by atoms with van der Waals surface area (Å²) in [6.45, 7) is 4.45. The van der Waals surface area contributed by atoms with Crippen LogP contribution < -0.4 is 10.6 Å². The van der Waals surface area contributed by atoms with E-state index in [2.05, 4.69) is 27.5 Å². The van der Waals surface area contributed by atoms with E-state index in [0.29, 0.717) is 12.5 Å². The van der Waals surface area contributed by atoms with Gasteiger partial charge < -0.3 is 15.1 Å². The maximum Gasteiger partial charge on any atom is 0.222 e. The highest BCUT2D eigenvalue weighted by atomic mass is 16.3. The topological polar surface area (TPSA) is 63.0 Å². The maximum atomic E-state index is 5.23. The van der Waals surface area contributed by atoms with Gasteiger partial charge in [-0.1, -0.05) is 6.92 Å². The Bertz CT molecular complexity index is 439. The van der Waals surface area contributed by atoms with E-state index in [1.807, 2.05) is 24.5 Å². The quantitative estimate of drug-likeness (QED) is 0.784. The lowest BCUT2D eigenvalue weighted by Gasteiger charge is -2.05. The summed E-state index contributed by atoms with van der Waals surface area (Å²) < 4.78 is 5.23. The van der Waals surface area contributed by atoms with E-state index in [0.717, 1.165) is 30.8 Å². The Morgan fingerprint density at radius 1 is 1.22 bits per heavy atom. The first kappa shape index (κ1) is 12.6. The van der Waals surface area contributed by atoms with Gasteiger partial charge in [-0.25, -0.2) is 9.97 Å². The van der Waals surface area contributed by atoms with Crippen molar-refractivity contribution in [3.05, 3.63) is 42.1 Å². The van der Waals surface area contributed by atoms with Gasteiger partial charge in [0.1, 0.15) is 5.76 Å². The predicted molar refractivity (Wildman–Crippen MR) is 70.1 cm³/mol. The molecule has 0 amide bonds. The molecule has 0 aromatic carbocycles. The summed E-state index contributed by atoms with van der Waals surface area (Å²) in [5.74, 6) is 1.61. The number of nitrogens with one attached hydrogen (secondary N) is 2. The highest BCUT2D eigenvalue weighted by Gasteiger charge is 1.98. The van der Waals surface area contributed by atoms with Crippen molar-refractivity contribution >= 4 is 5.95 Å². The molecule has 0 spiro atoms. The molecule has 0 saturated heterocycles. The van der Waals surface area contributed by atoms with Crippen LogP contribution in [0.1, 0.15) is 24.7 Å². The number of anilines is 1. The summed E-state index contributed by atoms with van der Waals surface area (Å²) in [5, 5.41) is 6.41. The van der Waals surface area contributed by atoms with Crippen molar-refractivity contribution in [1.29, 1.82) is 0 Å². The van der Waals surface area contributed by atoms with Gasteiger partial charge in [0.05, 0.1) is 12.8 Å². The molecule has 0 atom stereocenters. The van der Waals surface area contributed by atoms with Crippen molar-refractivity contribution in [1.82, 2.24) is 15.3 Å². The minimum Gasteiger partial charge on any atom is -0.468 e. The molecule has 0 aliphatic carbocycles. The summed E-state index contributed by atoms with van der Waals surface area (Å²) in [6, 6.07) is 3.83. The van der Waals surface area contributed by atoms with E-state index in [1.54, 1.807) is 6.26 Å². The van der Waals surface area contributed by atoms with Crippen LogP contribution in [0.4, 0.5) is 5.95 Å². The second-order valence-corrected chi connectivity index (χ2v) is 4.02. The van der Waals surface area contributed by atoms with Gasteiger partial charge in [0, 0.05) is 31.0 Å². The number of furan rings is 1. The Kier molecular flexibility index (Phi) is 4.72. The zero-order chi connectivity index (χ0) is 12.6. The third kappa shape index (κ3) is 3.85. The molecule has 0 aliphatic rings. The summed E-state index contributed by atoms with van der Waals surface area (Å²) in [5.41, 5.74) is 1.06. The van der Waals surface area contributed by atoms with Crippen molar-refractivity contribution in [3.63, 3.8) is 0 Å². The van der Waals surface area contributed by atoms with E-state index >= 15 is 0 Å². The summed E-state index contributed by atoms with van der Waals surface area (Å²) in [7, 11) is 0. The first-order valence-electron chi connectivity index (χ1n) is 6.16. The van der Waals surface area contributed by atoms with Gasteiger partial charge in [0.25, 0.3) is 0 Å². The monoisotopic (exact) mass is 246 g/mol. The number of rotatable bonds is 7. The van der Waals surface area contributed by atoms with Crippen molar-refractivity contribution in [2.75, 3.05) is 11.9 Å². The Balaban J connectivity index is 1.75. The van der Waals surface area contributed by atoms with E-state index in [9.17, 15) is 0 Å². The normalized spacial score (nSPS) is 10.5. The lowest BCUT2D eigenvalue weighted by molar-refractivity contribution is 0.482. The highest BCUT2D eigenvalue weighted by molar-refractivity contribution is 5.24. The first-order chi connectivity index (χ1) is 8.88. The number of hydrogen-bond donors (Lipinski definition) is 2. The van der Waals surface area contributed by atoms with Crippen LogP contribution in [0.25, 0.3) is 0 Å². The van der Waals surface area contributed by atoms with Crippen LogP contribution in [-0.2, 0) is 13.1 Å². The van der Waals surface area contributed by atoms with Crippen LogP contribution in [0.3, 0.4) is 0 Å². The van der Waals surface area contributed by atoms with Gasteiger partial charge in [-0.3, -0.25) is 0 Å². The molecule has 0 radical (unpaired) electrons. The molecule has 96 valence electrons. The molecule has 0 fully saturated rings. The molecule has 0 unspecified atom stereocenters. The summed E-state index contributed by atoms with van der Waals surface area (Å²) in [4.78, 5) is 8.49. The Labute approximate surface area is 107 Å². The lowest BCUT2D eigenvalue weighted by Crippen LogP contribution is -2.13. The minimum absolute atomic E-state index is 0.687. The molecule has 5 heteroatoms.